The van der Waals surface area contributed by atoms with Crippen molar-refractivity contribution in [2.75, 3.05) is 5.73 Å². The highest BCUT2D eigenvalue weighted by atomic mass is 19.1. The number of fused-ring (bicyclic) bond motifs is 1. The van der Waals surface area contributed by atoms with Gasteiger partial charge in [-0.1, -0.05) is 12.1 Å². The molecule has 2 N–H and O–H groups in total. The smallest absolute Gasteiger partial charge is 0.131 e. The van der Waals surface area contributed by atoms with Gasteiger partial charge in [-0.3, -0.25) is 0 Å². The van der Waals surface area contributed by atoms with Crippen LogP contribution in [0.1, 0.15) is 24.2 Å². The molecule has 4 heteroatoms. The zero-order valence-electron chi connectivity index (χ0n) is 10.4. The summed E-state index contributed by atoms with van der Waals surface area (Å²) >= 11 is 0. The van der Waals surface area contributed by atoms with Crippen molar-refractivity contribution in [2.24, 2.45) is 0 Å². The largest absolute Gasteiger partial charge is 0.383 e. The average molecular weight is 245 g/mol. The molecule has 0 fully saturated rings. The summed E-state index contributed by atoms with van der Waals surface area (Å²) in [4.78, 5) is 4.56. The molecule has 2 aromatic rings. The molecule has 1 aliphatic heterocycles. The standard InChI is InChI=1S/C14H16FN3/c1-9-5-6-10(8-11(9)15)13-14(16)18-7-3-2-4-12(18)17-13/h5-6,8H,2-4,7,16H2,1H3. The van der Waals surface area contributed by atoms with Crippen molar-refractivity contribution < 1.29 is 4.39 Å². The molecule has 0 amide bonds. The molecule has 3 rings (SSSR count). The number of imidazole rings is 1. The Morgan fingerprint density at radius 2 is 2.17 bits per heavy atom. The van der Waals surface area contributed by atoms with Gasteiger partial charge in [0, 0.05) is 18.5 Å². The van der Waals surface area contributed by atoms with Crippen LogP contribution >= 0.6 is 0 Å². The van der Waals surface area contributed by atoms with E-state index in [0.29, 0.717) is 17.1 Å². The van der Waals surface area contributed by atoms with E-state index in [2.05, 4.69) is 9.55 Å². The summed E-state index contributed by atoms with van der Waals surface area (Å²) in [7, 11) is 0. The molecule has 0 spiro atoms. The quantitative estimate of drug-likeness (QED) is 0.839. The maximum atomic E-state index is 13.6. The number of benzene rings is 1. The molecule has 18 heavy (non-hydrogen) atoms. The molecule has 0 saturated carbocycles. The number of nitrogens with zero attached hydrogens (tertiary/aromatic N) is 2. The van der Waals surface area contributed by atoms with E-state index in [0.717, 1.165) is 37.2 Å². The Bertz CT molecular complexity index is 601. The summed E-state index contributed by atoms with van der Waals surface area (Å²) in [6.45, 7) is 2.67. The van der Waals surface area contributed by atoms with Crippen molar-refractivity contribution in [3.05, 3.63) is 35.4 Å². The number of nitrogen functional groups attached to an aromatic ring is 1. The fourth-order valence-electron chi connectivity index (χ4n) is 2.46. The van der Waals surface area contributed by atoms with Crippen LogP contribution in [-0.2, 0) is 13.0 Å². The number of aromatic nitrogens is 2. The lowest BCUT2D eigenvalue weighted by Gasteiger charge is -2.14. The van der Waals surface area contributed by atoms with Gasteiger partial charge in [0.1, 0.15) is 23.2 Å². The summed E-state index contributed by atoms with van der Waals surface area (Å²) in [6.07, 6.45) is 3.24. The van der Waals surface area contributed by atoms with Gasteiger partial charge in [0.25, 0.3) is 0 Å². The zero-order valence-corrected chi connectivity index (χ0v) is 10.4. The lowest BCUT2D eigenvalue weighted by atomic mass is 10.1. The first-order valence-electron chi connectivity index (χ1n) is 6.28. The molecule has 0 unspecified atom stereocenters. The highest BCUT2D eigenvalue weighted by molar-refractivity contribution is 5.71. The number of anilines is 1. The minimum absolute atomic E-state index is 0.210. The number of hydrogen-bond acceptors (Lipinski definition) is 2. The monoisotopic (exact) mass is 245 g/mol. The highest BCUT2D eigenvalue weighted by Gasteiger charge is 2.18. The summed E-state index contributed by atoms with van der Waals surface area (Å²) in [6, 6.07) is 5.16. The van der Waals surface area contributed by atoms with E-state index in [9.17, 15) is 4.39 Å². The second kappa shape index (κ2) is 4.12. The molecule has 1 aromatic heterocycles. The third kappa shape index (κ3) is 1.68. The van der Waals surface area contributed by atoms with E-state index >= 15 is 0 Å². The average Bonchev–Trinajstić information content (AvgIpc) is 2.71. The van der Waals surface area contributed by atoms with Gasteiger partial charge in [-0.05, 0) is 31.4 Å². The predicted octanol–water partition coefficient (Wildman–Crippen LogP) is 2.92. The van der Waals surface area contributed by atoms with Gasteiger partial charge in [-0.15, -0.1) is 0 Å². The fourth-order valence-corrected chi connectivity index (χ4v) is 2.46. The van der Waals surface area contributed by atoms with Crippen molar-refractivity contribution in [1.82, 2.24) is 9.55 Å². The number of halogens is 1. The van der Waals surface area contributed by atoms with Gasteiger partial charge >= 0.3 is 0 Å². The third-order valence-corrected chi connectivity index (χ3v) is 3.56. The first-order valence-corrected chi connectivity index (χ1v) is 6.28. The second-order valence-electron chi connectivity index (χ2n) is 4.83. The van der Waals surface area contributed by atoms with Crippen LogP contribution in [0.25, 0.3) is 11.3 Å². The number of aryl methyl sites for hydroxylation is 2. The molecule has 2 heterocycles. The molecular formula is C14H16FN3. The topological polar surface area (TPSA) is 43.8 Å². The van der Waals surface area contributed by atoms with E-state index in [4.69, 9.17) is 5.73 Å². The Labute approximate surface area is 105 Å². The van der Waals surface area contributed by atoms with Crippen LogP contribution in [-0.4, -0.2) is 9.55 Å². The maximum Gasteiger partial charge on any atom is 0.131 e. The molecule has 0 saturated heterocycles. The normalized spacial score (nSPS) is 14.6. The van der Waals surface area contributed by atoms with E-state index < -0.39 is 0 Å². The third-order valence-electron chi connectivity index (χ3n) is 3.56. The Kier molecular flexibility index (Phi) is 2.58. The van der Waals surface area contributed by atoms with Gasteiger partial charge in [-0.2, -0.15) is 0 Å². The molecule has 0 aliphatic carbocycles. The summed E-state index contributed by atoms with van der Waals surface area (Å²) < 4.78 is 15.7. The summed E-state index contributed by atoms with van der Waals surface area (Å²) in [5.41, 5.74) is 8.24. The summed E-state index contributed by atoms with van der Waals surface area (Å²) in [5, 5.41) is 0. The van der Waals surface area contributed by atoms with Crippen LogP contribution in [0.5, 0.6) is 0 Å². The van der Waals surface area contributed by atoms with Gasteiger partial charge in [0.15, 0.2) is 0 Å². The van der Waals surface area contributed by atoms with Crippen molar-refractivity contribution >= 4 is 5.82 Å². The minimum atomic E-state index is -0.210. The van der Waals surface area contributed by atoms with E-state index in [1.54, 1.807) is 13.0 Å². The van der Waals surface area contributed by atoms with Gasteiger partial charge < -0.3 is 10.3 Å². The predicted molar refractivity (Wildman–Crippen MR) is 69.7 cm³/mol. The number of rotatable bonds is 1. The Hall–Kier alpha value is -1.84. The molecule has 3 nitrogen and oxygen atoms in total. The highest BCUT2D eigenvalue weighted by Crippen LogP contribution is 2.30. The van der Waals surface area contributed by atoms with Crippen LogP contribution in [0.15, 0.2) is 18.2 Å². The Morgan fingerprint density at radius 3 is 2.89 bits per heavy atom. The molecule has 0 atom stereocenters. The van der Waals surface area contributed by atoms with Crippen LogP contribution in [0.2, 0.25) is 0 Å². The van der Waals surface area contributed by atoms with Gasteiger partial charge in [-0.25, -0.2) is 9.37 Å². The molecular weight excluding hydrogens is 229 g/mol. The SMILES string of the molecule is Cc1ccc(-c2nc3n(c2N)CCCC3)cc1F. The fraction of sp³-hybridized carbons (Fsp3) is 0.357. The molecule has 94 valence electrons. The van der Waals surface area contributed by atoms with Crippen LogP contribution in [0.3, 0.4) is 0 Å². The van der Waals surface area contributed by atoms with Crippen LogP contribution in [0, 0.1) is 12.7 Å². The van der Waals surface area contributed by atoms with E-state index in [1.807, 2.05) is 6.07 Å². The molecule has 1 aromatic carbocycles. The lowest BCUT2D eigenvalue weighted by Crippen LogP contribution is -2.12. The van der Waals surface area contributed by atoms with Crippen molar-refractivity contribution in [2.45, 2.75) is 32.7 Å². The number of hydrogen-bond donors (Lipinski definition) is 1. The number of nitrogens with two attached hydrogens (primary N) is 1. The van der Waals surface area contributed by atoms with E-state index in [1.165, 1.54) is 6.07 Å². The summed E-state index contributed by atoms with van der Waals surface area (Å²) in [5.74, 6) is 1.47. The van der Waals surface area contributed by atoms with Gasteiger partial charge in [0.05, 0.1) is 0 Å². The first kappa shape index (κ1) is 11.3. The van der Waals surface area contributed by atoms with Crippen molar-refractivity contribution in [1.29, 1.82) is 0 Å². The van der Waals surface area contributed by atoms with Crippen molar-refractivity contribution in [3.8, 4) is 11.3 Å². The van der Waals surface area contributed by atoms with Crippen molar-refractivity contribution in [3.63, 3.8) is 0 Å². The Balaban J connectivity index is 2.11. The van der Waals surface area contributed by atoms with Crippen LogP contribution < -0.4 is 5.73 Å². The van der Waals surface area contributed by atoms with E-state index in [-0.39, 0.29) is 5.82 Å². The van der Waals surface area contributed by atoms with Gasteiger partial charge in [0.2, 0.25) is 0 Å². The maximum absolute atomic E-state index is 13.6. The Morgan fingerprint density at radius 1 is 1.33 bits per heavy atom. The minimum Gasteiger partial charge on any atom is -0.383 e. The second-order valence-corrected chi connectivity index (χ2v) is 4.83. The first-order chi connectivity index (χ1) is 8.66. The lowest BCUT2D eigenvalue weighted by molar-refractivity contribution is 0.527. The zero-order chi connectivity index (χ0) is 12.7. The molecule has 1 aliphatic rings. The molecule has 0 bridgehead atoms. The van der Waals surface area contributed by atoms with Crippen LogP contribution in [0.4, 0.5) is 10.2 Å². The molecule has 0 radical (unpaired) electrons.